The van der Waals surface area contributed by atoms with Gasteiger partial charge in [-0.05, 0) is 25.0 Å². The third kappa shape index (κ3) is 5.29. The van der Waals surface area contributed by atoms with E-state index >= 15 is 0 Å². The van der Waals surface area contributed by atoms with Gasteiger partial charge in [0.2, 0.25) is 5.91 Å². The second kappa shape index (κ2) is 10.7. The Kier molecular flexibility index (Phi) is 7.77. The van der Waals surface area contributed by atoms with Crippen LogP contribution in [0.15, 0.2) is 29.1 Å². The number of aryl methyl sites for hydroxylation is 1. The summed E-state index contributed by atoms with van der Waals surface area (Å²) in [6.07, 6.45) is 2.36. The monoisotopic (exact) mass is 427 g/mol. The van der Waals surface area contributed by atoms with E-state index in [-0.39, 0.29) is 18.0 Å². The number of carbonyl (C=O) groups is 1. The number of ether oxygens (including phenoxy) is 2. The van der Waals surface area contributed by atoms with Gasteiger partial charge in [0, 0.05) is 13.7 Å². The second-order valence-electron chi connectivity index (χ2n) is 7.15. The zero-order valence-electron chi connectivity index (χ0n) is 18.2. The van der Waals surface area contributed by atoms with Gasteiger partial charge in [-0.3, -0.25) is 9.59 Å². The van der Waals surface area contributed by atoms with Crippen molar-refractivity contribution in [1.82, 2.24) is 25.1 Å². The second-order valence-corrected chi connectivity index (χ2v) is 7.15. The van der Waals surface area contributed by atoms with Crippen LogP contribution in [-0.4, -0.2) is 52.5 Å². The number of para-hydroxylation sites is 1. The molecule has 0 spiro atoms. The van der Waals surface area contributed by atoms with Gasteiger partial charge in [-0.2, -0.15) is 5.10 Å². The van der Waals surface area contributed by atoms with Gasteiger partial charge in [0.05, 0.1) is 24.5 Å². The van der Waals surface area contributed by atoms with Crippen LogP contribution in [0.3, 0.4) is 0 Å². The minimum atomic E-state index is -0.343. The number of nitrogens with one attached hydrogen (secondary N) is 2. The maximum absolute atomic E-state index is 13.0. The highest BCUT2D eigenvalue weighted by atomic mass is 16.5. The van der Waals surface area contributed by atoms with E-state index in [4.69, 9.17) is 14.5 Å². The lowest BCUT2D eigenvalue weighted by molar-refractivity contribution is -0.121. The highest BCUT2D eigenvalue weighted by Gasteiger charge is 2.19. The van der Waals surface area contributed by atoms with Gasteiger partial charge in [0.1, 0.15) is 23.6 Å². The molecule has 0 fully saturated rings. The van der Waals surface area contributed by atoms with Gasteiger partial charge < -0.3 is 19.8 Å². The average molecular weight is 428 g/mol. The van der Waals surface area contributed by atoms with Crippen LogP contribution in [-0.2, 0) is 22.5 Å². The van der Waals surface area contributed by atoms with Crippen LogP contribution in [0.4, 0.5) is 0 Å². The lowest BCUT2D eigenvalue weighted by atomic mass is 10.1. The number of H-pyrrole nitrogens is 1. The fourth-order valence-electron chi connectivity index (χ4n) is 3.28. The molecule has 0 bridgehead atoms. The minimum Gasteiger partial charge on any atom is -0.493 e. The SMILES string of the molecule is CCCOc1ccccc1-c1nc2c(CCC)nn(CC(=O)NCCOC)c2c(=O)[nH]1. The number of methoxy groups -OCH3 is 1. The van der Waals surface area contributed by atoms with Gasteiger partial charge in [0.25, 0.3) is 5.56 Å². The molecule has 9 nitrogen and oxygen atoms in total. The quantitative estimate of drug-likeness (QED) is 0.454. The molecule has 3 rings (SSSR count). The largest absolute Gasteiger partial charge is 0.493 e. The molecular weight excluding hydrogens is 398 g/mol. The Hall–Kier alpha value is -3.20. The van der Waals surface area contributed by atoms with Crippen LogP contribution < -0.4 is 15.6 Å². The molecule has 2 N–H and O–H groups in total. The van der Waals surface area contributed by atoms with E-state index in [0.717, 1.165) is 12.8 Å². The Morgan fingerprint density at radius 2 is 2.00 bits per heavy atom. The molecule has 0 aliphatic heterocycles. The van der Waals surface area contributed by atoms with E-state index in [1.54, 1.807) is 7.11 Å². The van der Waals surface area contributed by atoms with E-state index in [1.807, 2.05) is 38.1 Å². The summed E-state index contributed by atoms with van der Waals surface area (Å²) in [7, 11) is 1.57. The molecule has 3 aromatic rings. The first kappa shape index (κ1) is 22.5. The van der Waals surface area contributed by atoms with Crippen LogP contribution >= 0.6 is 0 Å². The number of nitrogens with zero attached hydrogens (tertiary/aromatic N) is 3. The standard InChI is InChI=1S/C22H29N5O4/c1-4-8-16-19-20(27(26-16)14-18(28)23-11-13-30-3)22(29)25-21(24-19)15-9-6-7-10-17(15)31-12-5-2/h6-7,9-10H,4-5,8,11-14H2,1-3H3,(H,23,28)(H,24,25,29). The summed E-state index contributed by atoms with van der Waals surface area (Å²) in [5.41, 5.74) is 1.87. The van der Waals surface area contributed by atoms with Gasteiger partial charge in [0.15, 0.2) is 5.52 Å². The smallest absolute Gasteiger partial charge is 0.277 e. The van der Waals surface area contributed by atoms with Crippen molar-refractivity contribution >= 4 is 16.9 Å². The zero-order valence-corrected chi connectivity index (χ0v) is 18.2. The van der Waals surface area contributed by atoms with Crippen molar-refractivity contribution in [2.75, 3.05) is 26.9 Å². The number of hydrogen-bond donors (Lipinski definition) is 2. The van der Waals surface area contributed by atoms with Crippen LogP contribution in [0.25, 0.3) is 22.4 Å². The molecule has 0 saturated carbocycles. The summed E-state index contributed by atoms with van der Waals surface area (Å²) in [5.74, 6) is 0.839. The van der Waals surface area contributed by atoms with Crippen molar-refractivity contribution in [2.45, 2.75) is 39.7 Å². The summed E-state index contributed by atoms with van der Waals surface area (Å²) < 4.78 is 12.2. The Morgan fingerprint density at radius 1 is 1.19 bits per heavy atom. The van der Waals surface area contributed by atoms with E-state index in [2.05, 4.69) is 15.4 Å². The molecule has 9 heteroatoms. The van der Waals surface area contributed by atoms with Crippen molar-refractivity contribution < 1.29 is 14.3 Å². The molecule has 31 heavy (non-hydrogen) atoms. The van der Waals surface area contributed by atoms with Crippen LogP contribution in [0, 0.1) is 0 Å². The molecule has 2 aromatic heterocycles. The molecule has 0 aliphatic rings. The maximum Gasteiger partial charge on any atom is 0.277 e. The lowest BCUT2D eigenvalue weighted by Crippen LogP contribution is -2.31. The third-order valence-electron chi connectivity index (χ3n) is 4.68. The molecule has 1 aromatic carbocycles. The highest BCUT2D eigenvalue weighted by Crippen LogP contribution is 2.28. The molecule has 1 amide bonds. The predicted octanol–water partition coefficient (Wildman–Crippen LogP) is 2.29. The van der Waals surface area contributed by atoms with Gasteiger partial charge in [-0.25, -0.2) is 9.67 Å². The lowest BCUT2D eigenvalue weighted by Gasteiger charge is -2.10. The van der Waals surface area contributed by atoms with E-state index in [0.29, 0.717) is 60.0 Å². The number of carbonyl (C=O) groups excluding carboxylic acids is 1. The van der Waals surface area contributed by atoms with E-state index in [1.165, 1.54) is 4.68 Å². The maximum atomic E-state index is 13.0. The molecule has 0 radical (unpaired) electrons. The van der Waals surface area contributed by atoms with Gasteiger partial charge in [-0.1, -0.05) is 32.4 Å². The summed E-state index contributed by atoms with van der Waals surface area (Å²) in [6, 6.07) is 7.48. The third-order valence-corrected chi connectivity index (χ3v) is 4.68. The first-order valence-corrected chi connectivity index (χ1v) is 10.6. The van der Waals surface area contributed by atoms with Gasteiger partial charge >= 0.3 is 0 Å². The number of aromatic amines is 1. The Balaban J connectivity index is 2.03. The molecule has 0 unspecified atom stereocenters. The fraction of sp³-hybridized carbons (Fsp3) is 0.455. The van der Waals surface area contributed by atoms with Crippen molar-refractivity contribution in [2.24, 2.45) is 0 Å². The zero-order chi connectivity index (χ0) is 22.2. The number of rotatable bonds is 11. The van der Waals surface area contributed by atoms with Crippen molar-refractivity contribution in [1.29, 1.82) is 0 Å². The Bertz CT molecular complexity index is 1090. The summed E-state index contributed by atoms with van der Waals surface area (Å²) in [4.78, 5) is 32.9. The van der Waals surface area contributed by atoms with Crippen molar-refractivity contribution in [3.8, 4) is 17.1 Å². The fourth-order valence-corrected chi connectivity index (χ4v) is 3.28. The summed E-state index contributed by atoms with van der Waals surface area (Å²) in [6.45, 7) is 5.38. The number of fused-ring (bicyclic) bond motifs is 1. The normalized spacial score (nSPS) is 11.1. The number of hydrogen-bond acceptors (Lipinski definition) is 6. The summed E-state index contributed by atoms with van der Waals surface area (Å²) in [5, 5.41) is 7.27. The number of amides is 1. The predicted molar refractivity (Wildman–Crippen MR) is 118 cm³/mol. The van der Waals surface area contributed by atoms with Gasteiger partial charge in [-0.15, -0.1) is 0 Å². The average Bonchev–Trinajstić information content (AvgIpc) is 3.10. The summed E-state index contributed by atoms with van der Waals surface area (Å²) >= 11 is 0. The number of benzene rings is 1. The van der Waals surface area contributed by atoms with Crippen molar-refractivity contribution in [3.63, 3.8) is 0 Å². The number of aromatic nitrogens is 4. The molecular formula is C22H29N5O4. The minimum absolute atomic E-state index is 0.0652. The molecule has 2 heterocycles. The van der Waals surface area contributed by atoms with Crippen LogP contribution in [0.5, 0.6) is 5.75 Å². The highest BCUT2D eigenvalue weighted by molar-refractivity contribution is 5.82. The Morgan fingerprint density at radius 3 is 2.74 bits per heavy atom. The first-order chi connectivity index (χ1) is 15.1. The molecule has 0 saturated heterocycles. The molecule has 0 aliphatic carbocycles. The van der Waals surface area contributed by atoms with Crippen molar-refractivity contribution in [3.05, 3.63) is 40.3 Å². The van der Waals surface area contributed by atoms with E-state index in [9.17, 15) is 9.59 Å². The topological polar surface area (TPSA) is 111 Å². The van der Waals surface area contributed by atoms with Crippen LogP contribution in [0.1, 0.15) is 32.4 Å². The van der Waals surface area contributed by atoms with E-state index < -0.39 is 0 Å². The molecule has 0 atom stereocenters. The molecule has 166 valence electrons. The van der Waals surface area contributed by atoms with Crippen LogP contribution in [0.2, 0.25) is 0 Å². The first-order valence-electron chi connectivity index (χ1n) is 10.6. The Labute approximate surface area is 180 Å².